The number of halogens is 1. The predicted octanol–water partition coefficient (Wildman–Crippen LogP) is 1.27. The smallest absolute Gasteiger partial charge is 0.255 e. The Hall–Kier alpha value is -1.27. The predicted molar refractivity (Wildman–Crippen MR) is 35.7 cm³/mol. The first kappa shape index (κ1) is 6.84. The number of aromatic nitrogens is 1. The number of nitriles is 1. The van der Waals surface area contributed by atoms with E-state index < -0.39 is 5.24 Å². The number of H-pyrrole nitrogens is 1. The Kier molecular flexibility index (Phi) is 1.74. The van der Waals surface area contributed by atoms with Gasteiger partial charge >= 0.3 is 0 Å². The van der Waals surface area contributed by atoms with Crippen LogP contribution in [0.2, 0.25) is 0 Å². The van der Waals surface area contributed by atoms with Crippen molar-refractivity contribution in [1.29, 1.82) is 5.26 Å². The average Bonchev–Trinajstić information content (AvgIpc) is 2.33. The lowest BCUT2D eigenvalue weighted by Crippen LogP contribution is -1.88. The van der Waals surface area contributed by atoms with E-state index in [1.165, 1.54) is 12.3 Å². The molecule has 0 atom stereocenters. The molecule has 1 heterocycles. The van der Waals surface area contributed by atoms with Crippen molar-refractivity contribution in [1.82, 2.24) is 4.98 Å². The molecule has 0 aliphatic rings. The molecule has 0 bridgehead atoms. The number of carbonyl (C=O) groups is 1. The van der Waals surface area contributed by atoms with E-state index in [1.54, 1.807) is 6.07 Å². The third-order valence-electron chi connectivity index (χ3n) is 1.07. The Morgan fingerprint density at radius 2 is 2.50 bits per heavy atom. The van der Waals surface area contributed by atoms with Gasteiger partial charge in [0.15, 0.2) is 0 Å². The van der Waals surface area contributed by atoms with Gasteiger partial charge in [-0.3, -0.25) is 4.79 Å². The molecular formula is C6H3ClN2O. The number of nitrogens with one attached hydrogen (secondary N) is 1. The fraction of sp³-hybridized carbons (Fsp3) is 0. The Labute approximate surface area is 62.2 Å². The zero-order valence-electron chi connectivity index (χ0n) is 4.89. The van der Waals surface area contributed by atoms with Crippen LogP contribution in [0.5, 0.6) is 0 Å². The van der Waals surface area contributed by atoms with Crippen molar-refractivity contribution in [3.8, 4) is 6.07 Å². The molecule has 50 valence electrons. The van der Waals surface area contributed by atoms with Crippen LogP contribution in [-0.2, 0) is 0 Å². The van der Waals surface area contributed by atoms with Gasteiger partial charge in [-0.1, -0.05) is 0 Å². The minimum absolute atomic E-state index is 0.208. The molecule has 1 aromatic heterocycles. The molecule has 1 aromatic rings. The summed E-state index contributed by atoms with van der Waals surface area (Å²) in [5.74, 6) is 0. The van der Waals surface area contributed by atoms with Crippen LogP contribution in [0.15, 0.2) is 12.3 Å². The van der Waals surface area contributed by atoms with Crippen molar-refractivity contribution < 1.29 is 4.79 Å². The molecule has 0 radical (unpaired) electrons. The fourth-order valence-electron chi connectivity index (χ4n) is 0.626. The molecule has 0 unspecified atom stereocenters. The Balaban J connectivity index is 3.17. The second kappa shape index (κ2) is 2.54. The van der Waals surface area contributed by atoms with E-state index >= 15 is 0 Å². The Bertz CT molecular complexity index is 297. The monoisotopic (exact) mass is 154 g/mol. The van der Waals surface area contributed by atoms with E-state index in [1.807, 2.05) is 0 Å². The summed E-state index contributed by atoms with van der Waals surface area (Å²) in [4.78, 5) is 13.1. The summed E-state index contributed by atoms with van der Waals surface area (Å²) in [5.41, 5.74) is 0.434. The Morgan fingerprint density at radius 3 is 2.90 bits per heavy atom. The highest BCUT2D eigenvalue weighted by atomic mass is 35.5. The molecule has 0 fully saturated rings. The van der Waals surface area contributed by atoms with E-state index in [-0.39, 0.29) is 11.3 Å². The van der Waals surface area contributed by atoms with Gasteiger partial charge in [0.05, 0.1) is 5.56 Å². The standard InChI is InChI=1S/C6H3ClN2O/c7-6(10)4-1-2-9-5(4)3-8/h1-2,9H. The van der Waals surface area contributed by atoms with Gasteiger partial charge in [-0.15, -0.1) is 0 Å². The zero-order chi connectivity index (χ0) is 7.56. The quantitative estimate of drug-likeness (QED) is 0.620. The molecule has 0 spiro atoms. The van der Waals surface area contributed by atoms with Gasteiger partial charge in [0.2, 0.25) is 0 Å². The first-order valence-electron chi connectivity index (χ1n) is 2.53. The molecule has 0 saturated heterocycles. The SMILES string of the molecule is N#Cc1[nH]ccc1C(=O)Cl. The highest BCUT2D eigenvalue weighted by molar-refractivity contribution is 6.68. The molecule has 0 aromatic carbocycles. The van der Waals surface area contributed by atoms with Crippen LogP contribution in [0.25, 0.3) is 0 Å². The van der Waals surface area contributed by atoms with Gasteiger partial charge in [0.1, 0.15) is 11.8 Å². The number of rotatable bonds is 1. The van der Waals surface area contributed by atoms with Gasteiger partial charge in [-0.25, -0.2) is 0 Å². The Morgan fingerprint density at radius 1 is 1.80 bits per heavy atom. The number of nitrogens with zero attached hydrogens (tertiary/aromatic N) is 1. The first-order valence-corrected chi connectivity index (χ1v) is 2.91. The van der Waals surface area contributed by atoms with Crippen molar-refractivity contribution in [3.63, 3.8) is 0 Å². The molecule has 4 heteroatoms. The molecule has 1 rings (SSSR count). The third kappa shape index (κ3) is 1.02. The molecule has 10 heavy (non-hydrogen) atoms. The van der Waals surface area contributed by atoms with Gasteiger partial charge in [-0.05, 0) is 17.7 Å². The maximum absolute atomic E-state index is 10.5. The van der Waals surface area contributed by atoms with E-state index in [9.17, 15) is 4.79 Å². The average molecular weight is 155 g/mol. The number of hydrogen-bond acceptors (Lipinski definition) is 2. The van der Waals surface area contributed by atoms with Gasteiger partial charge < -0.3 is 4.98 Å². The normalized spacial score (nSPS) is 8.80. The van der Waals surface area contributed by atoms with E-state index in [4.69, 9.17) is 16.9 Å². The van der Waals surface area contributed by atoms with E-state index in [2.05, 4.69) is 4.98 Å². The van der Waals surface area contributed by atoms with Crippen LogP contribution in [0.1, 0.15) is 16.1 Å². The minimum Gasteiger partial charge on any atom is -0.352 e. The number of carbonyl (C=O) groups excluding carboxylic acids is 1. The topological polar surface area (TPSA) is 56.6 Å². The van der Waals surface area contributed by atoms with Crippen molar-refractivity contribution in [2.24, 2.45) is 0 Å². The first-order chi connectivity index (χ1) is 4.75. The van der Waals surface area contributed by atoms with E-state index in [0.29, 0.717) is 0 Å². The van der Waals surface area contributed by atoms with Gasteiger partial charge in [0.25, 0.3) is 5.24 Å². The fourth-order valence-corrected chi connectivity index (χ4v) is 0.783. The second-order valence-corrected chi connectivity index (χ2v) is 2.00. The van der Waals surface area contributed by atoms with Gasteiger partial charge in [0, 0.05) is 6.20 Å². The lowest BCUT2D eigenvalue weighted by molar-refractivity contribution is 0.108. The molecule has 3 nitrogen and oxygen atoms in total. The molecular weight excluding hydrogens is 152 g/mol. The van der Waals surface area contributed by atoms with Crippen LogP contribution in [0.3, 0.4) is 0 Å². The summed E-state index contributed by atoms with van der Waals surface area (Å²) in [5, 5.41) is 7.75. The molecule has 0 aliphatic carbocycles. The van der Waals surface area contributed by atoms with Crippen LogP contribution in [0, 0.1) is 11.3 Å². The highest BCUT2D eigenvalue weighted by Crippen LogP contribution is 2.07. The molecule has 1 N–H and O–H groups in total. The van der Waals surface area contributed by atoms with Crippen molar-refractivity contribution in [2.45, 2.75) is 0 Å². The molecule has 0 saturated carbocycles. The highest BCUT2D eigenvalue weighted by Gasteiger charge is 2.07. The van der Waals surface area contributed by atoms with Gasteiger partial charge in [-0.2, -0.15) is 5.26 Å². The van der Waals surface area contributed by atoms with Crippen LogP contribution >= 0.6 is 11.6 Å². The maximum atomic E-state index is 10.5. The maximum Gasteiger partial charge on any atom is 0.255 e. The molecule has 0 aliphatic heterocycles. The zero-order valence-corrected chi connectivity index (χ0v) is 5.64. The van der Waals surface area contributed by atoms with Crippen LogP contribution in [0.4, 0.5) is 0 Å². The lowest BCUT2D eigenvalue weighted by atomic mass is 10.3. The minimum atomic E-state index is -0.613. The van der Waals surface area contributed by atoms with Crippen LogP contribution < -0.4 is 0 Å². The van der Waals surface area contributed by atoms with Crippen LogP contribution in [-0.4, -0.2) is 10.2 Å². The summed E-state index contributed by atoms with van der Waals surface area (Å²) in [6.45, 7) is 0. The van der Waals surface area contributed by atoms with Crippen molar-refractivity contribution in [2.75, 3.05) is 0 Å². The van der Waals surface area contributed by atoms with Crippen molar-refractivity contribution >= 4 is 16.8 Å². The summed E-state index contributed by atoms with van der Waals surface area (Å²) in [6, 6.07) is 3.26. The third-order valence-corrected chi connectivity index (χ3v) is 1.27. The number of hydrogen-bond donors (Lipinski definition) is 1. The van der Waals surface area contributed by atoms with Crippen molar-refractivity contribution in [3.05, 3.63) is 23.5 Å². The summed E-state index contributed by atoms with van der Waals surface area (Å²) in [7, 11) is 0. The molecule has 0 amide bonds. The summed E-state index contributed by atoms with van der Waals surface area (Å²) >= 11 is 5.12. The summed E-state index contributed by atoms with van der Waals surface area (Å²) < 4.78 is 0. The lowest BCUT2D eigenvalue weighted by Gasteiger charge is -1.83. The summed E-state index contributed by atoms with van der Waals surface area (Å²) in [6.07, 6.45) is 1.49. The van der Waals surface area contributed by atoms with E-state index in [0.717, 1.165) is 0 Å². The largest absolute Gasteiger partial charge is 0.352 e. The number of aromatic amines is 1. The second-order valence-electron chi connectivity index (χ2n) is 1.65.